The molecule has 0 aliphatic heterocycles. The van der Waals surface area contributed by atoms with Crippen LogP contribution in [0.2, 0.25) is 0 Å². The molecule has 0 spiro atoms. The fourth-order valence-corrected chi connectivity index (χ4v) is 1.90. The van der Waals surface area contributed by atoms with Gasteiger partial charge in [0.15, 0.2) is 0 Å². The molecule has 2 aromatic rings. The summed E-state index contributed by atoms with van der Waals surface area (Å²) in [4.78, 5) is 0. The maximum atomic E-state index is 10.4. The predicted octanol–water partition coefficient (Wildman–Crippen LogP) is 2.39. The SMILES string of the molecule is COc1cc(OC)c(C(O)c2ccoc2)c(OC)c1. The van der Waals surface area contributed by atoms with E-state index in [0.717, 1.165) is 0 Å². The summed E-state index contributed by atoms with van der Waals surface area (Å²) in [7, 11) is 4.61. The van der Waals surface area contributed by atoms with Crippen molar-refractivity contribution in [2.45, 2.75) is 6.10 Å². The number of ether oxygens (including phenoxy) is 3. The highest BCUT2D eigenvalue weighted by atomic mass is 16.5. The molecule has 102 valence electrons. The minimum Gasteiger partial charge on any atom is -0.496 e. The van der Waals surface area contributed by atoms with Crippen LogP contribution in [0.1, 0.15) is 17.2 Å². The molecule has 0 aliphatic rings. The number of aliphatic hydroxyl groups excluding tert-OH is 1. The molecule has 19 heavy (non-hydrogen) atoms. The standard InChI is InChI=1S/C14H16O5/c1-16-10-6-11(17-2)13(12(7-10)18-3)14(15)9-4-5-19-8-9/h4-8,14-15H,1-3H3. The van der Waals surface area contributed by atoms with Crippen LogP contribution in [0.25, 0.3) is 0 Å². The average Bonchev–Trinajstić information content (AvgIpc) is 2.99. The quantitative estimate of drug-likeness (QED) is 0.898. The van der Waals surface area contributed by atoms with E-state index in [0.29, 0.717) is 28.4 Å². The van der Waals surface area contributed by atoms with Gasteiger partial charge in [-0.05, 0) is 6.07 Å². The Balaban J connectivity index is 2.54. The minimum absolute atomic E-state index is 0.491. The third kappa shape index (κ3) is 2.51. The molecule has 1 unspecified atom stereocenters. The smallest absolute Gasteiger partial charge is 0.132 e. The van der Waals surface area contributed by atoms with Crippen LogP contribution < -0.4 is 14.2 Å². The lowest BCUT2D eigenvalue weighted by molar-refractivity contribution is 0.207. The number of hydrogen-bond acceptors (Lipinski definition) is 5. The van der Waals surface area contributed by atoms with Crippen LogP contribution in [-0.4, -0.2) is 26.4 Å². The first-order valence-corrected chi connectivity index (χ1v) is 5.71. The van der Waals surface area contributed by atoms with Gasteiger partial charge in [0.05, 0.1) is 39.4 Å². The first-order valence-electron chi connectivity index (χ1n) is 5.71. The molecule has 0 fully saturated rings. The Bertz CT molecular complexity index is 508. The maximum Gasteiger partial charge on any atom is 0.132 e. The number of benzene rings is 1. The average molecular weight is 264 g/mol. The lowest BCUT2D eigenvalue weighted by Crippen LogP contribution is -2.05. The molecule has 2 rings (SSSR count). The van der Waals surface area contributed by atoms with Crippen LogP contribution in [0, 0.1) is 0 Å². The first-order chi connectivity index (χ1) is 9.21. The highest BCUT2D eigenvalue weighted by Gasteiger charge is 2.22. The Labute approximate surface area is 111 Å². The monoisotopic (exact) mass is 264 g/mol. The van der Waals surface area contributed by atoms with Gasteiger partial charge in [-0.2, -0.15) is 0 Å². The molecule has 1 atom stereocenters. The van der Waals surface area contributed by atoms with Gasteiger partial charge >= 0.3 is 0 Å². The van der Waals surface area contributed by atoms with Crippen molar-refractivity contribution in [2.24, 2.45) is 0 Å². The summed E-state index contributed by atoms with van der Waals surface area (Å²) in [6.45, 7) is 0. The number of aliphatic hydroxyl groups is 1. The van der Waals surface area contributed by atoms with E-state index in [1.165, 1.54) is 26.7 Å². The number of hydrogen-bond donors (Lipinski definition) is 1. The van der Waals surface area contributed by atoms with E-state index in [1.807, 2.05) is 0 Å². The largest absolute Gasteiger partial charge is 0.496 e. The molecule has 5 nitrogen and oxygen atoms in total. The summed E-state index contributed by atoms with van der Waals surface area (Å²) >= 11 is 0. The van der Waals surface area contributed by atoms with E-state index in [4.69, 9.17) is 18.6 Å². The minimum atomic E-state index is -0.894. The van der Waals surface area contributed by atoms with Gasteiger partial charge in [-0.25, -0.2) is 0 Å². The van der Waals surface area contributed by atoms with Crippen LogP contribution in [0.15, 0.2) is 35.1 Å². The van der Waals surface area contributed by atoms with E-state index >= 15 is 0 Å². The van der Waals surface area contributed by atoms with Crippen molar-refractivity contribution >= 4 is 0 Å². The zero-order valence-corrected chi connectivity index (χ0v) is 11.0. The van der Waals surface area contributed by atoms with E-state index in [1.54, 1.807) is 25.3 Å². The Morgan fingerprint density at radius 3 is 2.11 bits per heavy atom. The topological polar surface area (TPSA) is 61.1 Å². The molecule has 1 heterocycles. The van der Waals surface area contributed by atoms with Crippen molar-refractivity contribution in [3.05, 3.63) is 41.9 Å². The van der Waals surface area contributed by atoms with Gasteiger partial charge in [0.2, 0.25) is 0 Å². The lowest BCUT2D eigenvalue weighted by Gasteiger charge is -2.18. The predicted molar refractivity (Wildman–Crippen MR) is 68.9 cm³/mol. The second-order valence-electron chi connectivity index (χ2n) is 3.90. The van der Waals surface area contributed by atoms with Crippen LogP contribution >= 0.6 is 0 Å². The Morgan fingerprint density at radius 1 is 1.05 bits per heavy atom. The first kappa shape index (κ1) is 13.3. The van der Waals surface area contributed by atoms with Crippen LogP contribution in [0.3, 0.4) is 0 Å². The zero-order chi connectivity index (χ0) is 13.8. The van der Waals surface area contributed by atoms with Crippen LogP contribution in [0.5, 0.6) is 17.2 Å². The van der Waals surface area contributed by atoms with Crippen molar-refractivity contribution in [2.75, 3.05) is 21.3 Å². The zero-order valence-electron chi connectivity index (χ0n) is 11.0. The molecule has 5 heteroatoms. The second kappa shape index (κ2) is 5.67. The maximum absolute atomic E-state index is 10.4. The summed E-state index contributed by atoms with van der Waals surface area (Å²) in [6.07, 6.45) is 2.09. The third-order valence-corrected chi connectivity index (χ3v) is 2.89. The van der Waals surface area contributed by atoms with Gasteiger partial charge in [-0.1, -0.05) is 0 Å². The van der Waals surface area contributed by atoms with Gasteiger partial charge in [0, 0.05) is 17.7 Å². The highest BCUT2D eigenvalue weighted by Crippen LogP contribution is 2.40. The van der Waals surface area contributed by atoms with Crippen molar-refractivity contribution in [3.8, 4) is 17.2 Å². The van der Waals surface area contributed by atoms with Crippen molar-refractivity contribution in [1.82, 2.24) is 0 Å². The molecule has 0 saturated carbocycles. The highest BCUT2D eigenvalue weighted by molar-refractivity contribution is 5.53. The molecule has 1 N–H and O–H groups in total. The summed E-state index contributed by atoms with van der Waals surface area (Å²) in [6, 6.07) is 5.08. The van der Waals surface area contributed by atoms with E-state index < -0.39 is 6.10 Å². The molecule has 0 amide bonds. The molecule has 1 aromatic heterocycles. The molecule has 0 aliphatic carbocycles. The van der Waals surface area contributed by atoms with Gasteiger partial charge < -0.3 is 23.7 Å². The van der Waals surface area contributed by atoms with Gasteiger partial charge in [0.25, 0.3) is 0 Å². The van der Waals surface area contributed by atoms with Crippen molar-refractivity contribution in [1.29, 1.82) is 0 Å². The normalized spacial score (nSPS) is 12.0. The summed E-state index contributed by atoms with van der Waals surface area (Å²) in [5, 5.41) is 10.4. The fourth-order valence-electron chi connectivity index (χ4n) is 1.90. The Hall–Kier alpha value is -2.14. The Morgan fingerprint density at radius 2 is 1.68 bits per heavy atom. The van der Waals surface area contributed by atoms with E-state index in [-0.39, 0.29) is 0 Å². The van der Waals surface area contributed by atoms with Gasteiger partial charge in [-0.15, -0.1) is 0 Å². The van der Waals surface area contributed by atoms with Crippen LogP contribution in [-0.2, 0) is 0 Å². The van der Waals surface area contributed by atoms with Gasteiger partial charge in [0.1, 0.15) is 23.4 Å². The van der Waals surface area contributed by atoms with Crippen molar-refractivity contribution in [3.63, 3.8) is 0 Å². The number of furan rings is 1. The second-order valence-corrected chi connectivity index (χ2v) is 3.90. The summed E-state index contributed by atoms with van der Waals surface area (Å²) in [5.41, 5.74) is 1.16. The van der Waals surface area contributed by atoms with E-state index in [9.17, 15) is 5.11 Å². The summed E-state index contributed by atoms with van der Waals surface area (Å²) < 4.78 is 20.7. The fraction of sp³-hybridized carbons (Fsp3) is 0.286. The Kier molecular flexibility index (Phi) is 3.97. The third-order valence-electron chi connectivity index (χ3n) is 2.89. The van der Waals surface area contributed by atoms with Crippen molar-refractivity contribution < 1.29 is 23.7 Å². The molecular weight excluding hydrogens is 248 g/mol. The molecule has 1 aromatic carbocycles. The molecular formula is C14H16O5. The summed E-state index contributed by atoms with van der Waals surface area (Å²) in [5.74, 6) is 1.58. The lowest BCUT2D eigenvalue weighted by atomic mass is 10.0. The van der Waals surface area contributed by atoms with Gasteiger partial charge in [-0.3, -0.25) is 0 Å². The van der Waals surface area contributed by atoms with E-state index in [2.05, 4.69) is 0 Å². The van der Waals surface area contributed by atoms with Crippen LogP contribution in [0.4, 0.5) is 0 Å². The number of methoxy groups -OCH3 is 3. The number of rotatable bonds is 5. The molecule has 0 saturated heterocycles. The molecule has 0 bridgehead atoms. The molecule has 0 radical (unpaired) electrons.